The minimum atomic E-state index is 0.238. The van der Waals surface area contributed by atoms with Crippen molar-refractivity contribution in [2.24, 2.45) is 11.8 Å². The molecule has 1 atom stereocenters. The third kappa shape index (κ3) is 6.09. The summed E-state index contributed by atoms with van der Waals surface area (Å²) >= 11 is 0. The van der Waals surface area contributed by atoms with Gasteiger partial charge < -0.3 is 5.32 Å². The Morgan fingerprint density at radius 2 is 1.82 bits per heavy atom. The number of carbonyl (C=O) groups excluding carboxylic acids is 1. The van der Waals surface area contributed by atoms with E-state index < -0.39 is 0 Å². The second kappa shape index (κ2) is 7.73. The molecule has 0 aromatic heterocycles. The molecule has 0 saturated heterocycles. The fourth-order valence-corrected chi connectivity index (χ4v) is 2.52. The van der Waals surface area contributed by atoms with Crippen LogP contribution in [-0.4, -0.2) is 11.9 Å². The van der Waals surface area contributed by atoms with Gasteiger partial charge in [-0.1, -0.05) is 46.0 Å². The zero-order valence-electron chi connectivity index (χ0n) is 11.8. The number of hydrogen-bond acceptors (Lipinski definition) is 1. The van der Waals surface area contributed by atoms with Crippen LogP contribution in [0.2, 0.25) is 0 Å². The van der Waals surface area contributed by atoms with Crippen molar-refractivity contribution in [2.75, 3.05) is 0 Å². The summed E-state index contributed by atoms with van der Waals surface area (Å²) in [6.45, 7) is 6.38. The van der Waals surface area contributed by atoms with Gasteiger partial charge in [0.2, 0.25) is 5.91 Å². The topological polar surface area (TPSA) is 29.1 Å². The first-order valence-corrected chi connectivity index (χ1v) is 7.39. The van der Waals surface area contributed by atoms with Crippen LogP contribution in [0, 0.1) is 11.8 Å². The maximum atomic E-state index is 11.7. The summed E-state index contributed by atoms with van der Waals surface area (Å²) in [4.78, 5) is 11.7. The van der Waals surface area contributed by atoms with Gasteiger partial charge in [-0.05, 0) is 31.6 Å². The Labute approximate surface area is 107 Å². The number of rotatable bonds is 6. The number of hydrogen-bond donors (Lipinski definition) is 1. The minimum Gasteiger partial charge on any atom is -0.353 e. The van der Waals surface area contributed by atoms with Crippen molar-refractivity contribution in [1.29, 1.82) is 0 Å². The quantitative estimate of drug-likeness (QED) is 0.748. The SMILES string of the molecule is CC(C)C(C)NC(=O)CCCC1CCCCC1. The van der Waals surface area contributed by atoms with Crippen LogP contribution in [0.5, 0.6) is 0 Å². The molecule has 2 heteroatoms. The zero-order chi connectivity index (χ0) is 12.7. The predicted octanol–water partition coefficient (Wildman–Crippen LogP) is 3.90. The van der Waals surface area contributed by atoms with Crippen molar-refractivity contribution in [3.05, 3.63) is 0 Å². The lowest BCUT2D eigenvalue weighted by Crippen LogP contribution is -2.35. The van der Waals surface area contributed by atoms with Crippen LogP contribution in [0.4, 0.5) is 0 Å². The average molecular weight is 239 g/mol. The third-order valence-electron chi connectivity index (χ3n) is 4.13. The summed E-state index contributed by atoms with van der Waals surface area (Å²) < 4.78 is 0. The van der Waals surface area contributed by atoms with E-state index in [0.29, 0.717) is 18.4 Å². The monoisotopic (exact) mass is 239 g/mol. The Balaban J connectivity index is 2.07. The van der Waals surface area contributed by atoms with Crippen molar-refractivity contribution >= 4 is 5.91 Å². The van der Waals surface area contributed by atoms with Gasteiger partial charge in [0, 0.05) is 12.5 Å². The normalized spacial score (nSPS) is 19.3. The van der Waals surface area contributed by atoms with Gasteiger partial charge in [-0.3, -0.25) is 4.79 Å². The molecule has 0 spiro atoms. The molecule has 1 N–H and O–H groups in total. The summed E-state index contributed by atoms with van der Waals surface area (Å²) in [6.07, 6.45) is 10.1. The maximum Gasteiger partial charge on any atom is 0.220 e. The molecule has 2 nitrogen and oxygen atoms in total. The van der Waals surface area contributed by atoms with Crippen LogP contribution in [-0.2, 0) is 4.79 Å². The van der Waals surface area contributed by atoms with Gasteiger partial charge in [-0.25, -0.2) is 0 Å². The molecule has 0 aromatic rings. The fraction of sp³-hybridized carbons (Fsp3) is 0.933. The van der Waals surface area contributed by atoms with Crippen molar-refractivity contribution in [2.45, 2.75) is 78.2 Å². The first-order chi connectivity index (χ1) is 8.09. The Morgan fingerprint density at radius 3 is 2.41 bits per heavy atom. The standard InChI is InChI=1S/C15H29NO/c1-12(2)13(3)16-15(17)11-7-10-14-8-5-4-6-9-14/h12-14H,4-11H2,1-3H3,(H,16,17). The first-order valence-electron chi connectivity index (χ1n) is 7.39. The van der Waals surface area contributed by atoms with E-state index in [1.54, 1.807) is 0 Å². The van der Waals surface area contributed by atoms with Crippen LogP contribution < -0.4 is 5.32 Å². The van der Waals surface area contributed by atoms with Crippen LogP contribution >= 0.6 is 0 Å². The van der Waals surface area contributed by atoms with Crippen LogP contribution in [0.3, 0.4) is 0 Å². The number of amides is 1. The van der Waals surface area contributed by atoms with E-state index in [0.717, 1.165) is 12.3 Å². The molecule has 100 valence electrons. The summed E-state index contributed by atoms with van der Waals surface area (Å²) in [5.41, 5.74) is 0. The van der Waals surface area contributed by atoms with E-state index in [1.807, 2.05) is 0 Å². The summed E-state index contributed by atoms with van der Waals surface area (Å²) in [7, 11) is 0. The third-order valence-corrected chi connectivity index (χ3v) is 4.13. The summed E-state index contributed by atoms with van der Waals surface area (Å²) in [5, 5.41) is 3.08. The highest BCUT2D eigenvalue weighted by atomic mass is 16.1. The van der Waals surface area contributed by atoms with Gasteiger partial charge in [0.15, 0.2) is 0 Å². The first kappa shape index (κ1) is 14.5. The zero-order valence-corrected chi connectivity index (χ0v) is 11.8. The van der Waals surface area contributed by atoms with Crippen molar-refractivity contribution in [3.63, 3.8) is 0 Å². The second-order valence-electron chi connectivity index (χ2n) is 6.00. The van der Waals surface area contributed by atoms with Crippen molar-refractivity contribution < 1.29 is 4.79 Å². The van der Waals surface area contributed by atoms with Gasteiger partial charge >= 0.3 is 0 Å². The lowest BCUT2D eigenvalue weighted by molar-refractivity contribution is -0.122. The molecule has 1 aliphatic carbocycles. The van der Waals surface area contributed by atoms with Gasteiger partial charge in [0.05, 0.1) is 0 Å². The van der Waals surface area contributed by atoms with E-state index in [-0.39, 0.29) is 5.91 Å². The molecule has 1 saturated carbocycles. The highest BCUT2D eigenvalue weighted by molar-refractivity contribution is 5.76. The van der Waals surface area contributed by atoms with Gasteiger partial charge in [-0.2, -0.15) is 0 Å². The molecule has 0 aliphatic heterocycles. The highest BCUT2D eigenvalue weighted by Gasteiger charge is 2.14. The summed E-state index contributed by atoms with van der Waals surface area (Å²) in [6, 6.07) is 0.303. The molecule has 0 radical (unpaired) electrons. The highest BCUT2D eigenvalue weighted by Crippen LogP contribution is 2.27. The molecule has 1 unspecified atom stereocenters. The molecule has 1 rings (SSSR count). The Bertz CT molecular complexity index is 219. The largest absolute Gasteiger partial charge is 0.353 e. The Hall–Kier alpha value is -0.530. The van der Waals surface area contributed by atoms with E-state index in [4.69, 9.17) is 0 Å². The van der Waals surface area contributed by atoms with E-state index in [1.165, 1.54) is 38.5 Å². The molecule has 0 bridgehead atoms. The van der Waals surface area contributed by atoms with E-state index >= 15 is 0 Å². The molecule has 1 amide bonds. The van der Waals surface area contributed by atoms with E-state index in [9.17, 15) is 4.79 Å². The average Bonchev–Trinajstić information content (AvgIpc) is 2.30. The van der Waals surface area contributed by atoms with Crippen LogP contribution in [0.15, 0.2) is 0 Å². The van der Waals surface area contributed by atoms with Crippen molar-refractivity contribution in [3.8, 4) is 0 Å². The lowest BCUT2D eigenvalue weighted by Gasteiger charge is -2.21. The molecular formula is C15H29NO. The van der Waals surface area contributed by atoms with Crippen molar-refractivity contribution in [1.82, 2.24) is 5.32 Å². The number of nitrogens with one attached hydrogen (secondary N) is 1. The van der Waals surface area contributed by atoms with Crippen LogP contribution in [0.1, 0.15) is 72.1 Å². The molecule has 1 fully saturated rings. The van der Waals surface area contributed by atoms with Gasteiger partial charge in [-0.15, -0.1) is 0 Å². The Kier molecular flexibility index (Phi) is 6.61. The summed E-state index contributed by atoms with van der Waals surface area (Å²) in [5.74, 6) is 1.67. The van der Waals surface area contributed by atoms with E-state index in [2.05, 4.69) is 26.1 Å². The van der Waals surface area contributed by atoms with Gasteiger partial charge in [0.1, 0.15) is 0 Å². The molecule has 0 aromatic carbocycles. The smallest absolute Gasteiger partial charge is 0.220 e. The fourth-order valence-electron chi connectivity index (χ4n) is 2.52. The predicted molar refractivity (Wildman–Crippen MR) is 72.9 cm³/mol. The second-order valence-corrected chi connectivity index (χ2v) is 6.00. The van der Waals surface area contributed by atoms with Crippen LogP contribution in [0.25, 0.3) is 0 Å². The molecular weight excluding hydrogens is 210 g/mol. The number of carbonyl (C=O) groups is 1. The molecule has 17 heavy (non-hydrogen) atoms. The molecule has 0 heterocycles. The molecule has 1 aliphatic rings. The minimum absolute atomic E-state index is 0.238. The maximum absolute atomic E-state index is 11.7. The lowest BCUT2D eigenvalue weighted by atomic mass is 9.86. The Morgan fingerprint density at radius 1 is 1.18 bits per heavy atom. The van der Waals surface area contributed by atoms with Gasteiger partial charge in [0.25, 0.3) is 0 Å².